The highest BCUT2D eigenvalue weighted by atomic mass is 79.9. The Hall–Kier alpha value is -1.67. The van der Waals surface area contributed by atoms with Crippen molar-refractivity contribution in [2.75, 3.05) is 18.6 Å². The van der Waals surface area contributed by atoms with Gasteiger partial charge in [-0.15, -0.1) is 0 Å². The van der Waals surface area contributed by atoms with Crippen LogP contribution in [0.2, 0.25) is 0 Å². The number of alkyl carbamates (subject to hydrolysis) is 1. The Morgan fingerprint density at radius 1 is 1.22 bits per heavy atom. The van der Waals surface area contributed by atoms with Gasteiger partial charge in [0.25, 0.3) is 5.91 Å². The molecule has 0 radical (unpaired) electrons. The van der Waals surface area contributed by atoms with Gasteiger partial charge in [0.15, 0.2) is 0 Å². The van der Waals surface area contributed by atoms with Crippen LogP contribution in [0.15, 0.2) is 22.7 Å². The third-order valence-corrected chi connectivity index (χ3v) is 3.76. The molecule has 0 aromatic heterocycles. The lowest BCUT2D eigenvalue weighted by Gasteiger charge is -2.28. The first-order chi connectivity index (χ1) is 12.2. The van der Waals surface area contributed by atoms with Crippen molar-refractivity contribution in [3.63, 3.8) is 0 Å². The molecule has 0 unspecified atom stereocenters. The van der Waals surface area contributed by atoms with Crippen LogP contribution in [0.1, 0.15) is 41.5 Å². The van der Waals surface area contributed by atoms with E-state index >= 15 is 0 Å². The molecule has 0 aliphatic heterocycles. The summed E-state index contributed by atoms with van der Waals surface area (Å²) in [5, 5.41) is 2.63. The number of ether oxygens (including phenoxy) is 2. The second-order valence-electron chi connectivity index (χ2n) is 8.19. The van der Waals surface area contributed by atoms with Crippen molar-refractivity contribution in [1.29, 1.82) is 0 Å². The van der Waals surface area contributed by atoms with Crippen LogP contribution in [0.25, 0.3) is 0 Å². The van der Waals surface area contributed by atoms with Gasteiger partial charge in [-0.25, -0.2) is 9.18 Å². The maximum absolute atomic E-state index is 14.1. The van der Waals surface area contributed by atoms with E-state index in [1.807, 2.05) is 20.8 Å². The van der Waals surface area contributed by atoms with Crippen LogP contribution in [-0.2, 0) is 14.3 Å². The van der Waals surface area contributed by atoms with E-state index in [2.05, 4.69) is 21.2 Å². The monoisotopic (exact) mass is 446 g/mol. The van der Waals surface area contributed by atoms with Crippen LogP contribution >= 0.6 is 15.9 Å². The average molecular weight is 447 g/mol. The molecule has 2 amide bonds. The molecule has 6 nitrogen and oxygen atoms in total. The van der Waals surface area contributed by atoms with E-state index < -0.39 is 35.1 Å². The van der Waals surface area contributed by atoms with E-state index in [9.17, 15) is 14.0 Å². The molecule has 1 aromatic rings. The number of benzene rings is 1. The number of hydrogen-bond acceptors (Lipinski definition) is 4. The van der Waals surface area contributed by atoms with E-state index in [-0.39, 0.29) is 12.3 Å². The largest absolute Gasteiger partial charge is 0.434 e. The number of rotatable bonds is 5. The minimum Gasteiger partial charge on any atom is -0.434 e. The number of amides is 2. The lowest BCUT2D eigenvalue weighted by Crippen LogP contribution is -2.48. The molecule has 0 spiro atoms. The summed E-state index contributed by atoms with van der Waals surface area (Å²) in [6.07, 6.45) is -1.98. The predicted molar refractivity (Wildman–Crippen MR) is 106 cm³/mol. The molecule has 1 rings (SSSR count). The van der Waals surface area contributed by atoms with E-state index in [1.54, 1.807) is 20.8 Å². The molecule has 0 saturated heterocycles. The van der Waals surface area contributed by atoms with Gasteiger partial charge in [-0.3, -0.25) is 4.79 Å². The fourth-order valence-corrected chi connectivity index (χ4v) is 2.37. The van der Waals surface area contributed by atoms with Crippen LogP contribution in [0.5, 0.6) is 0 Å². The Morgan fingerprint density at radius 2 is 1.81 bits per heavy atom. The second kappa shape index (κ2) is 9.01. The van der Waals surface area contributed by atoms with E-state index in [0.29, 0.717) is 4.47 Å². The van der Waals surface area contributed by atoms with Crippen molar-refractivity contribution < 1.29 is 23.5 Å². The highest BCUT2D eigenvalue weighted by Crippen LogP contribution is 2.24. The van der Waals surface area contributed by atoms with Gasteiger partial charge in [-0.1, -0.05) is 15.9 Å². The fraction of sp³-hybridized carbons (Fsp3) is 0.579. The fourth-order valence-electron chi connectivity index (χ4n) is 2.02. The van der Waals surface area contributed by atoms with Crippen molar-refractivity contribution in [1.82, 2.24) is 5.32 Å². The van der Waals surface area contributed by atoms with Crippen LogP contribution in [-0.4, -0.2) is 42.9 Å². The highest BCUT2D eigenvalue weighted by Gasteiger charge is 2.31. The van der Waals surface area contributed by atoms with Crippen molar-refractivity contribution >= 4 is 33.6 Å². The van der Waals surface area contributed by atoms with Gasteiger partial charge in [-0.05, 0) is 59.7 Å². The Bertz CT molecular complexity index is 683. The van der Waals surface area contributed by atoms with E-state index in [1.165, 1.54) is 25.2 Å². The zero-order valence-corrected chi connectivity index (χ0v) is 18.4. The smallest absolute Gasteiger partial charge is 0.408 e. The summed E-state index contributed by atoms with van der Waals surface area (Å²) in [5.41, 5.74) is -1.00. The molecule has 1 aromatic carbocycles. The van der Waals surface area contributed by atoms with E-state index in [4.69, 9.17) is 9.47 Å². The van der Waals surface area contributed by atoms with Gasteiger partial charge in [0.05, 0.1) is 17.9 Å². The third-order valence-electron chi connectivity index (χ3n) is 3.27. The third kappa shape index (κ3) is 8.26. The molecule has 0 saturated carbocycles. The molecule has 8 heteroatoms. The topological polar surface area (TPSA) is 67.9 Å². The van der Waals surface area contributed by atoms with Gasteiger partial charge in [-0.2, -0.15) is 0 Å². The van der Waals surface area contributed by atoms with Gasteiger partial charge in [0.1, 0.15) is 5.82 Å². The number of likely N-dealkylation sites (N-methyl/N-ethyl adjacent to an activating group) is 1. The number of hydrogen-bond donors (Lipinski definition) is 1. The zero-order valence-electron chi connectivity index (χ0n) is 16.9. The Morgan fingerprint density at radius 3 is 2.33 bits per heavy atom. The number of nitrogens with one attached hydrogen (secondary N) is 1. The molecule has 1 N–H and O–H groups in total. The lowest BCUT2D eigenvalue weighted by molar-refractivity contribution is -0.133. The highest BCUT2D eigenvalue weighted by molar-refractivity contribution is 9.10. The predicted octanol–water partition coefficient (Wildman–Crippen LogP) is 4.26. The molecule has 152 valence electrons. The standard InChI is InChI=1S/C19H28BrFN2O4/c1-18(2,3)22-17(25)27-15(11-26-19(4,5)6)16(24)23(7)14-10-12(20)8-9-13(14)21/h8-10,15H,11H2,1-7H3,(H,22,25)/t15-/m0/s1. The molecule has 0 bridgehead atoms. The first-order valence-electron chi connectivity index (χ1n) is 8.55. The summed E-state index contributed by atoms with van der Waals surface area (Å²) in [4.78, 5) is 26.1. The first-order valence-corrected chi connectivity index (χ1v) is 9.34. The normalized spacial score (nSPS) is 13.1. The quantitative estimate of drug-likeness (QED) is 0.733. The molecule has 0 fully saturated rings. The Labute approximate surface area is 168 Å². The second-order valence-corrected chi connectivity index (χ2v) is 9.10. The molecule has 0 aliphatic carbocycles. The minimum atomic E-state index is -1.23. The van der Waals surface area contributed by atoms with Crippen molar-refractivity contribution in [3.05, 3.63) is 28.5 Å². The number of carbonyl (C=O) groups excluding carboxylic acids is 2. The summed E-state index contributed by atoms with van der Waals surface area (Å²) >= 11 is 3.26. The van der Waals surface area contributed by atoms with Crippen LogP contribution < -0.4 is 10.2 Å². The van der Waals surface area contributed by atoms with E-state index in [0.717, 1.165) is 4.90 Å². The number of anilines is 1. The lowest BCUT2D eigenvalue weighted by atomic mass is 10.1. The molecule has 1 atom stereocenters. The first kappa shape index (κ1) is 23.4. The van der Waals surface area contributed by atoms with Crippen LogP contribution in [0, 0.1) is 5.82 Å². The van der Waals surface area contributed by atoms with Gasteiger partial charge in [0, 0.05) is 17.1 Å². The minimum absolute atomic E-state index is 0.0648. The number of halogens is 2. The van der Waals surface area contributed by atoms with Crippen molar-refractivity contribution in [2.24, 2.45) is 0 Å². The van der Waals surface area contributed by atoms with Gasteiger partial charge < -0.3 is 19.7 Å². The van der Waals surface area contributed by atoms with Crippen LogP contribution in [0.3, 0.4) is 0 Å². The molecule has 0 heterocycles. The summed E-state index contributed by atoms with van der Waals surface area (Å²) in [6, 6.07) is 4.26. The molecule has 0 aliphatic rings. The Balaban J connectivity index is 3.03. The van der Waals surface area contributed by atoms with Gasteiger partial charge in [0.2, 0.25) is 6.10 Å². The van der Waals surface area contributed by atoms with Crippen molar-refractivity contribution in [3.8, 4) is 0 Å². The molecular weight excluding hydrogens is 419 g/mol. The zero-order chi connectivity index (χ0) is 21.0. The summed E-state index contributed by atoms with van der Waals surface area (Å²) in [5.74, 6) is -1.16. The Kier molecular flexibility index (Phi) is 7.80. The maximum atomic E-state index is 14.1. The SMILES string of the molecule is CN(C(=O)[C@H](COC(C)(C)C)OC(=O)NC(C)(C)C)c1cc(Br)ccc1F. The molecular formula is C19H28BrFN2O4. The summed E-state index contributed by atoms with van der Waals surface area (Å²) in [6.45, 7) is 10.7. The number of nitrogens with zero attached hydrogens (tertiary/aromatic N) is 1. The summed E-state index contributed by atoms with van der Waals surface area (Å²) in [7, 11) is 1.42. The maximum Gasteiger partial charge on any atom is 0.408 e. The average Bonchev–Trinajstić information content (AvgIpc) is 2.49. The van der Waals surface area contributed by atoms with Crippen LogP contribution in [0.4, 0.5) is 14.9 Å². The number of carbonyl (C=O) groups is 2. The van der Waals surface area contributed by atoms with Gasteiger partial charge >= 0.3 is 6.09 Å². The molecule has 27 heavy (non-hydrogen) atoms. The summed E-state index contributed by atoms with van der Waals surface area (Å²) < 4.78 is 25.7. The van der Waals surface area contributed by atoms with Crippen molar-refractivity contribution in [2.45, 2.75) is 58.8 Å².